The molecule has 22 heavy (non-hydrogen) atoms. The van der Waals surface area contributed by atoms with Crippen molar-refractivity contribution in [1.82, 2.24) is 9.97 Å². The predicted molar refractivity (Wildman–Crippen MR) is 85.3 cm³/mol. The Bertz CT molecular complexity index is 652. The molecular weight excluding hydrogens is 278 g/mol. The molecule has 1 aromatic carbocycles. The minimum atomic E-state index is 0.113. The number of fused-ring (bicyclic) bond motifs is 1. The smallest absolute Gasteiger partial charge is 0.226 e. The van der Waals surface area contributed by atoms with Gasteiger partial charge in [0, 0.05) is 31.0 Å². The molecule has 5 nitrogen and oxygen atoms in total. The van der Waals surface area contributed by atoms with Crippen LogP contribution in [0.5, 0.6) is 5.75 Å². The van der Waals surface area contributed by atoms with Gasteiger partial charge in [0.05, 0.1) is 12.9 Å². The molecule has 3 rings (SSSR count). The highest BCUT2D eigenvalue weighted by molar-refractivity contribution is 5.92. The number of nitrogens with zero attached hydrogens (tertiary/aromatic N) is 2. The number of hydrogen-bond acceptors (Lipinski definition) is 3. The molecule has 0 bridgehead atoms. The highest BCUT2D eigenvalue weighted by atomic mass is 16.5. The van der Waals surface area contributed by atoms with Crippen molar-refractivity contribution < 1.29 is 9.53 Å². The van der Waals surface area contributed by atoms with E-state index in [1.807, 2.05) is 32.3 Å². The van der Waals surface area contributed by atoms with E-state index in [0.29, 0.717) is 12.3 Å². The lowest BCUT2D eigenvalue weighted by Crippen LogP contribution is -2.25. The van der Waals surface area contributed by atoms with Gasteiger partial charge in [-0.3, -0.25) is 4.79 Å². The van der Waals surface area contributed by atoms with Crippen molar-refractivity contribution >= 4 is 11.6 Å². The first-order chi connectivity index (χ1) is 10.7. The average Bonchev–Trinajstić information content (AvgIpc) is 3.06. The molecule has 0 saturated carbocycles. The van der Waals surface area contributed by atoms with Crippen molar-refractivity contribution in [3.05, 3.63) is 42.0 Å². The van der Waals surface area contributed by atoms with Crippen LogP contribution in [0.4, 0.5) is 5.69 Å². The number of aromatic amines is 1. The lowest BCUT2D eigenvalue weighted by atomic mass is 9.89. The number of hydrogen-bond donors (Lipinski definition) is 1. The van der Waals surface area contributed by atoms with Gasteiger partial charge in [-0.2, -0.15) is 0 Å². The molecule has 1 aromatic heterocycles. The maximum Gasteiger partial charge on any atom is 0.226 e. The molecule has 1 aliphatic rings. The third kappa shape index (κ3) is 2.84. The second kappa shape index (κ2) is 6.22. The first-order valence-electron chi connectivity index (χ1n) is 7.69. The number of nitrogens with one attached hydrogen (secondary N) is 1. The Kier molecular flexibility index (Phi) is 4.13. The molecule has 1 atom stereocenters. The van der Waals surface area contributed by atoms with E-state index >= 15 is 0 Å². The average molecular weight is 299 g/mol. The lowest BCUT2D eigenvalue weighted by molar-refractivity contribution is -0.118. The van der Waals surface area contributed by atoms with Gasteiger partial charge in [0.15, 0.2) is 0 Å². The summed E-state index contributed by atoms with van der Waals surface area (Å²) in [5.41, 5.74) is 3.22. The van der Waals surface area contributed by atoms with E-state index in [1.54, 1.807) is 11.2 Å². The Balaban J connectivity index is 1.89. The van der Waals surface area contributed by atoms with Crippen molar-refractivity contribution in [3.63, 3.8) is 0 Å². The molecule has 1 amide bonds. The summed E-state index contributed by atoms with van der Waals surface area (Å²) in [7, 11) is 1.82. The minimum Gasteiger partial charge on any atom is -0.493 e. The zero-order chi connectivity index (χ0) is 15.5. The first-order valence-corrected chi connectivity index (χ1v) is 7.69. The zero-order valence-electron chi connectivity index (χ0n) is 13.0. The number of aromatic nitrogens is 2. The Labute approximate surface area is 130 Å². The van der Waals surface area contributed by atoms with Crippen molar-refractivity contribution in [2.75, 3.05) is 18.6 Å². The van der Waals surface area contributed by atoms with E-state index in [1.165, 1.54) is 5.56 Å². The van der Waals surface area contributed by atoms with E-state index in [2.05, 4.69) is 16.0 Å². The molecule has 0 saturated heterocycles. The van der Waals surface area contributed by atoms with Gasteiger partial charge in [-0.25, -0.2) is 4.98 Å². The number of carbonyl (C=O) groups is 1. The fourth-order valence-corrected chi connectivity index (χ4v) is 2.92. The van der Waals surface area contributed by atoms with Gasteiger partial charge in [0.25, 0.3) is 0 Å². The van der Waals surface area contributed by atoms with Gasteiger partial charge in [-0.05, 0) is 42.5 Å². The van der Waals surface area contributed by atoms with Crippen LogP contribution in [0.2, 0.25) is 0 Å². The van der Waals surface area contributed by atoms with Gasteiger partial charge in [0.2, 0.25) is 5.91 Å². The van der Waals surface area contributed by atoms with E-state index in [4.69, 9.17) is 4.74 Å². The summed E-state index contributed by atoms with van der Waals surface area (Å²) in [5, 5.41) is 0. The maximum absolute atomic E-state index is 11.9. The number of amides is 1. The van der Waals surface area contributed by atoms with E-state index < -0.39 is 0 Å². The van der Waals surface area contributed by atoms with E-state index in [-0.39, 0.29) is 5.91 Å². The van der Waals surface area contributed by atoms with Gasteiger partial charge < -0.3 is 14.6 Å². The Morgan fingerprint density at radius 3 is 3.09 bits per heavy atom. The summed E-state index contributed by atoms with van der Waals surface area (Å²) < 4.78 is 5.77. The van der Waals surface area contributed by atoms with Crippen LogP contribution in [-0.4, -0.2) is 29.5 Å². The molecule has 2 aromatic rings. The monoisotopic (exact) mass is 299 g/mol. The summed E-state index contributed by atoms with van der Waals surface area (Å²) in [5.74, 6) is 1.42. The third-order valence-electron chi connectivity index (χ3n) is 4.24. The molecular formula is C17H21N3O2. The summed E-state index contributed by atoms with van der Waals surface area (Å²) in [4.78, 5) is 20.9. The molecule has 0 fully saturated rings. The summed E-state index contributed by atoms with van der Waals surface area (Å²) in [6, 6.07) is 6.01. The van der Waals surface area contributed by atoms with Crippen molar-refractivity contribution in [3.8, 4) is 5.75 Å². The summed E-state index contributed by atoms with van der Waals surface area (Å²) >= 11 is 0. The van der Waals surface area contributed by atoms with Crippen LogP contribution in [0.15, 0.2) is 30.7 Å². The number of H-pyrrole nitrogens is 1. The molecule has 0 radical (unpaired) electrons. The second-order valence-electron chi connectivity index (χ2n) is 5.64. The molecule has 1 unspecified atom stereocenters. The molecule has 116 valence electrons. The molecule has 2 heterocycles. The molecule has 0 aliphatic carbocycles. The first kappa shape index (κ1) is 14.6. The van der Waals surface area contributed by atoms with E-state index in [9.17, 15) is 4.79 Å². The van der Waals surface area contributed by atoms with Crippen LogP contribution in [0, 0.1) is 0 Å². The Hall–Kier alpha value is -2.30. The fraction of sp³-hybridized carbons (Fsp3) is 0.412. The number of carbonyl (C=O) groups excluding carboxylic acids is 1. The molecule has 5 heteroatoms. The highest BCUT2D eigenvalue weighted by Gasteiger charge is 2.23. The van der Waals surface area contributed by atoms with Crippen molar-refractivity contribution in [2.24, 2.45) is 0 Å². The number of imidazole rings is 1. The van der Waals surface area contributed by atoms with E-state index in [0.717, 1.165) is 36.6 Å². The normalized spacial score (nSPS) is 16.7. The van der Waals surface area contributed by atoms with Crippen molar-refractivity contribution in [1.29, 1.82) is 0 Å². The summed E-state index contributed by atoms with van der Waals surface area (Å²) in [6.07, 6.45) is 5.96. The Morgan fingerprint density at radius 2 is 2.36 bits per heavy atom. The maximum atomic E-state index is 11.9. The fourth-order valence-electron chi connectivity index (χ4n) is 2.92. The quantitative estimate of drug-likeness (QED) is 0.944. The molecule has 1 N–H and O–H groups in total. The second-order valence-corrected chi connectivity index (χ2v) is 5.64. The molecule has 0 spiro atoms. The van der Waals surface area contributed by atoms with Crippen LogP contribution >= 0.6 is 0 Å². The van der Waals surface area contributed by atoms with Crippen molar-refractivity contribution in [2.45, 2.75) is 32.1 Å². The third-order valence-corrected chi connectivity index (χ3v) is 4.24. The standard InChI is InChI=1S/C17H21N3O2/c1-3-17(21)20(2)14-4-5-16-15(9-14)12(6-7-22-16)8-13-10-18-11-19-13/h4-5,9-12H,3,6-8H2,1-2H3,(H,18,19). The molecule has 1 aliphatic heterocycles. The largest absolute Gasteiger partial charge is 0.493 e. The van der Waals surface area contributed by atoms with Crippen LogP contribution < -0.4 is 9.64 Å². The number of rotatable bonds is 4. The topological polar surface area (TPSA) is 58.2 Å². The van der Waals surface area contributed by atoms with Crippen LogP contribution in [0.3, 0.4) is 0 Å². The highest BCUT2D eigenvalue weighted by Crippen LogP contribution is 2.37. The lowest BCUT2D eigenvalue weighted by Gasteiger charge is -2.27. The number of benzene rings is 1. The van der Waals surface area contributed by atoms with Crippen LogP contribution in [0.1, 0.15) is 36.9 Å². The SMILES string of the molecule is CCC(=O)N(C)c1ccc2c(c1)C(Cc1cnc[nH]1)CCO2. The number of anilines is 1. The zero-order valence-corrected chi connectivity index (χ0v) is 13.0. The van der Waals surface area contributed by atoms with Gasteiger partial charge >= 0.3 is 0 Å². The Morgan fingerprint density at radius 1 is 1.50 bits per heavy atom. The predicted octanol–water partition coefficient (Wildman–Crippen LogP) is 2.89. The summed E-state index contributed by atoms with van der Waals surface area (Å²) in [6.45, 7) is 2.61. The van der Waals surface area contributed by atoms with Crippen LogP contribution in [-0.2, 0) is 11.2 Å². The number of ether oxygens (including phenoxy) is 1. The van der Waals surface area contributed by atoms with Gasteiger partial charge in [-0.1, -0.05) is 6.92 Å². The van der Waals surface area contributed by atoms with Crippen LogP contribution in [0.25, 0.3) is 0 Å². The van der Waals surface area contributed by atoms with Gasteiger partial charge in [-0.15, -0.1) is 0 Å². The van der Waals surface area contributed by atoms with Gasteiger partial charge in [0.1, 0.15) is 5.75 Å². The minimum absolute atomic E-state index is 0.113.